The van der Waals surface area contributed by atoms with Gasteiger partial charge < -0.3 is 0 Å². The van der Waals surface area contributed by atoms with Gasteiger partial charge in [-0.1, -0.05) is 19.3 Å². The van der Waals surface area contributed by atoms with Crippen LogP contribution in [0.5, 0.6) is 0 Å². The number of likely N-dealkylation sites (tertiary alicyclic amines) is 1. The summed E-state index contributed by atoms with van der Waals surface area (Å²) in [6, 6.07) is 2.55. The topological polar surface area (TPSA) is 27.0 Å². The van der Waals surface area contributed by atoms with Crippen LogP contribution >= 0.6 is 0 Å². The normalized spacial score (nSPS) is 28.0. The van der Waals surface area contributed by atoms with E-state index in [0.717, 1.165) is 25.4 Å². The Morgan fingerprint density at radius 2 is 1.93 bits per heavy atom. The highest BCUT2D eigenvalue weighted by molar-refractivity contribution is 5.08. The number of piperidine rings is 1. The second kappa shape index (κ2) is 3.90. The van der Waals surface area contributed by atoms with E-state index < -0.39 is 0 Å². The fraction of sp³-hybridized carbons (Fsp3) is 0.917. The van der Waals surface area contributed by atoms with Crippen molar-refractivity contribution in [2.45, 2.75) is 51.0 Å². The van der Waals surface area contributed by atoms with Crippen molar-refractivity contribution in [3.63, 3.8) is 0 Å². The number of hydrogen-bond donors (Lipinski definition) is 0. The van der Waals surface area contributed by atoms with Crippen LogP contribution in [0.2, 0.25) is 0 Å². The second-order valence-electron chi connectivity index (χ2n) is 5.08. The van der Waals surface area contributed by atoms with Crippen molar-refractivity contribution < 1.29 is 0 Å². The molecule has 0 N–H and O–H groups in total. The van der Waals surface area contributed by atoms with Gasteiger partial charge >= 0.3 is 0 Å². The van der Waals surface area contributed by atoms with Gasteiger partial charge in [0.1, 0.15) is 5.54 Å². The average molecular weight is 192 g/mol. The minimum Gasteiger partial charge on any atom is -0.286 e. The largest absolute Gasteiger partial charge is 0.286 e. The molecule has 78 valence electrons. The van der Waals surface area contributed by atoms with E-state index in [2.05, 4.69) is 17.9 Å². The summed E-state index contributed by atoms with van der Waals surface area (Å²) < 4.78 is 0. The lowest BCUT2D eigenvalue weighted by Crippen LogP contribution is -2.48. The van der Waals surface area contributed by atoms with Crippen LogP contribution in [0, 0.1) is 17.2 Å². The van der Waals surface area contributed by atoms with Crippen molar-refractivity contribution in [3.8, 4) is 6.07 Å². The molecule has 2 fully saturated rings. The zero-order valence-electron chi connectivity index (χ0n) is 9.13. The molecule has 1 aliphatic carbocycles. The number of nitriles is 1. The Morgan fingerprint density at radius 3 is 2.43 bits per heavy atom. The van der Waals surface area contributed by atoms with Crippen LogP contribution in [-0.4, -0.2) is 23.5 Å². The maximum Gasteiger partial charge on any atom is 0.106 e. The fourth-order valence-corrected chi connectivity index (χ4v) is 2.52. The van der Waals surface area contributed by atoms with Gasteiger partial charge in [0, 0.05) is 0 Å². The Labute approximate surface area is 86.9 Å². The van der Waals surface area contributed by atoms with Crippen molar-refractivity contribution in [1.29, 1.82) is 5.26 Å². The Morgan fingerprint density at radius 1 is 1.29 bits per heavy atom. The van der Waals surface area contributed by atoms with E-state index in [1.54, 1.807) is 0 Å². The number of hydrogen-bond acceptors (Lipinski definition) is 2. The highest BCUT2D eigenvalue weighted by atomic mass is 15.2. The second-order valence-corrected chi connectivity index (χ2v) is 5.08. The molecule has 0 aromatic heterocycles. The molecule has 0 bridgehead atoms. The van der Waals surface area contributed by atoms with Crippen LogP contribution in [-0.2, 0) is 0 Å². The van der Waals surface area contributed by atoms with Crippen LogP contribution < -0.4 is 0 Å². The van der Waals surface area contributed by atoms with Crippen molar-refractivity contribution in [1.82, 2.24) is 4.90 Å². The highest BCUT2D eigenvalue weighted by Gasteiger charge is 2.38. The molecule has 2 heteroatoms. The summed E-state index contributed by atoms with van der Waals surface area (Å²) in [7, 11) is 0. The quantitative estimate of drug-likeness (QED) is 0.687. The number of rotatable bonds is 3. The van der Waals surface area contributed by atoms with Gasteiger partial charge in [-0.2, -0.15) is 5.26 Å². The molecular formula is C12H20N2. The van der Waals surface area contributed by atoms with Crippen molar-refractivity contribution in [2.75, 3.05) is 13.1 Å². The van der Waals surface area contributed by atoms with E-state index in [9.17, 15) is 5.26 Å². The van der Waals surface area contributed by atoms with E-state index in [1.807, 2.05) is 0 Å². The van der Waals surface area contributed by atoms with Gasteiger partial charge in [-0.15, -0.1) is 0 Å². The predicted molar refractivity (Wildman–Crippen MR) is 56.8 cm³/mol. The molecule has 14 heavy (non-hydrogen) atoms. The lowest BCUT2D eigenvalue weighted by atomic mass is 9.92. The molecule has 1 aliphatic heterocycles. The summed E-state index contributed by atoms with van der Waals surface area (Å²) in [6.45, 7) is 4.41. The Kier molecular flexibility index (Phi) is 2.78. The van der Waals surface area contributed by atoms with Gasteiger partial charge in [0.15, 0.2) is 0 Å². The third kappa shape index (κ3) is 2.09. The molecule has 0 radical (unpaired) electrons. The lowest BCUT2D eigenvalue weighted by Gasteiger charge is -2.38. The minimum absolute atomic E-state index is 0.165. The summed E-state index contributed by atoms with van der Waals surface area (Å²) in [6.07, 6.45) is 7.71. The first-order chi connectivity index (χ1) is 6.74. The standard InChI is InChI=1S/C12H20N2/c1-12(10-13,9-11-5-6-11)14-7-3-2-4-8-14/h11H,2-9H2,1H3. The summed E-state index contributed by atoms with van der Waals surface area (Å²) in [4.78, 5) is 2.41. The molecule has 1 heterocycles. The molecule has 1 atom stereocenters. The van der Waals surface area contributed by atoms with E-state index in [0.29, 0.717) is 0 Å². The molecule has 2 rings (SSSR count). The summed E-state index contributed by atoms with van der Waals surface area (Å²) in [5, 5.41) is 9.32. The molecule has 0 amide bonds. The monoisotopic (exact) mass is 192 g/mol. The van der Waals surface area contributed by atoms with Gasteiger partial charge in [0.2, 0.25) is 0 Å². The third-order valence-electron chi connectivity index (χ3n) is 3.68. The first kappa shape index (κ1) is 9.98. The Hall–Kier alpha value is -0.550. The van der Waals surface area contributed by atoms with E-state index >= 15 is 0 Å². The average Bonchev–Trinajstić information content (AvgIpc) is 3.03. The minimum atomic E-state index is -0.165. The van der Waals surface area contributed by atoms with Crippen LogP contribution in [0.25, 0.3) is 0 Å². The number of nitrogens with zero attached hydrogens (tertiary/aromatic N) is 2. The van der Waals surface area contributed by atoms with Gasteiger partial charge in [-0.05, 0) is 45.2 Å². The Balaban J connectivity index is 1.97. The molecule has 1 saturated heterocycles. The van der Waals surface area contributed by atoms with Gasteiger partial charge in [0.25, 0.3) is 0 Å². The Bertz CT molecular complexity index is 233. The summed E-state index contributed by atoms with van der Waals surface area (Å²) >= 11 is 0. The molecule has 2 aliphatic rings. The fourth-order valence-electron chi connectivity index (χ4n) is 2.52. The smallest absolute Gasteiger partial charge is 0.106 e. The summed E-state index contributed by atoms with van der Waals surface area (Å²) in [5.74, 6) is 0.849. The van der Waals surface area contributed by atoms with Gasteiger partial charge in [-0.25, -0.2) is 0 Å². The molecular weight excluding hydrogens is 172 g/mol. The van der Waals surface area contributed by atoms with Crippen molar-refractivity contribution in [2.24, 2.45) is 5.92 Å². The zero-order chi connectivity index (χ0) is 10.0. The molecule has 1 unspecified atom stereocenters. The van der Waals surface area contributed by atoms with E-state index in [-0.39, 0.29) is 5.54 Å². The van der Waals surface area contributed by atoms with Crippen LogP contribution in [0.15, 0.2) is 0 Å². The van der Waals surface area contributed by atoms with Crippen LogP contribution in [0.1, 0.15) is 45.4 Å². The molecule has 1 saturated carbocycles. The lowest BCUT2D eigenvalue weighted by molar-refractivity contribution is 0.112. The highest BCUT2D eigenvalue weighted by Crippen LogP contribution is 2.39. The molecule has 0 aromatic carbocycles. The maximum absolute atomic E-state index is 9.32. The zero-order valence-corrected chi connectivity index (χ0v) is 9.13. The summed E-state index contributed by atoms with van der Waals surface area (Å²) in [5.41, 5.74) is -0.165. The van der Waals surface area contributed by atoms with Crippen molar-refractivity contribution in [3.05, 3.63) is 0 Å². The van der Waals surface area contributed by atoms with Crippen LogP contribution in [0.3, 0.4) is 0 Å². The van der Waals surface area contributed by atoms with Crippen molar-refractivity contribution >= 4 is 0 Å². The van der Waals surface area contributed by atoms with Crippen LogP contribution in [0.4, 0.5) is 0 Å². The van der Waals surface area contributed by atoms with E-state index in [1.165, 1.54) is 32.1 Å². The molecule has 2 nitrogen and oxygen atoms in total. The first-order valence-electron chi connectivity index (χ1n) is 5.91. The first-order valence-corrected chi connectivity index (χ1v) is 5.91. The predicted octanol–water partition coefficient (Wildman–Crippen LogP) is 2.55. The third-order valence-corrected chi connectivity index (χ3v) is 3.68. The SMILES string of the molecule is CC(C#N)(CC1CC1)N1CCCCC1. The maximum atomic E-state index is 9.32. The van der Waals surface area contributed by atoms with E-state index in [4.69, 9.17) is 0 Å². The molecule has 0 spiro atoms. The van der Waals surface area contributed by atoms with Gasteiger partial charge in [0.05, 0.1) is 6.07 Å². The van der Waals surface area contributed by atoms with Gasteiger partial charge in [-0.3, -0.25) is 4.90 Å². The molecule has 0 aromatic rings.